The summed E-state index contributed by atoms with van der Waals surface area (Å²) in [4.78, 5) is 10.3. The van der Waals surface area contributed by atoms with Gasteiger partial charge in [0.2, 0.25) is 0 Å². The number of nitrogens with one attached hydrogen (secondary N) is 1. The van der Waals surface area contributed by atoms with Crippen LogP contribution in [0.1, 0.15) is 22.9 Å². The molecule has 1 N–H and O–H groups in total. The average molecular weight is 749 g/mol. The van der Waals surface area contributed by atoms with Crippen LogP contribution in [0, 0.1) is 0 Å². The number of thiophene rings is 1. The van der Waals surface area contributed by atoms with Crippen LogP contribution in [0.4, 0.5) is 0 Å². The molecule has 11 aromatic rings. The lowest BCUT2D eigenvalue weighted by Crippen LogP contribution is -2.33. The third kappa shape index (κ3) is 5.01. The normalized spacial score (nSPS) is 14.5. The van der Waals surface area contributed by atoms with Crippen molar-refractivity contribution in [3.05, 3.63) is 199 Å². The van der Waals surface area contributed by atoms with Crippen LogP contribution in [-0.4, -0.2) is 16.2 Å². The largest absolute Gasteiger partial charge is 0.455 e. The Hall–Kier alpha value is -7.28. The molecule has 8 aromatic carbocycles. The Kier molecular flexibility index (Phi) is 7.09. The first-order valence-electron chi connectivity index (χ1n) is 19.2. The molecule has 0 aliphatic carbocycles. The molecule has 3 aromatic heterocycles. The second-order valence-corrected chi connectivity index (χ2v) is 15.6. The molecule has 12 rings (SSSR count). The molecule has 1 unspecified atom stereocenters. The molecule has 57 heavy (non-hydrogen) atoms. The van der Waals surface area contributed by atoms with Gasteiger partial charge in [-0.3, -0.25) is 0 Å². The van der Waals surface area contributed by atoms with E-state index in [-0.39, 0.29) is 6.17 Å². The monoisotopic (exact) mass is 748 g/mol. The Morgan fingerprint density at radius 1 is 0.526 bits per heavy atom. The van der Waals surface area contributed by atoms with Gasteiger partial charge in [0.05, 0.1) is 22.3 Å². The first-order chi connectivity index (χ1) is 28.3. The van der Waals surface area contributed by atoms with Gasteiger partial charge < -0.3 is 14.3 Å². The molecule has 0 radical (unpaired) electrons. The molecule has 1 aliphatic heterocycles. The zero-order valence-corrected chi connectivity index (χ0v) is 31.4. The van der Waals surface area contributed by atoms with E-state index in [9.17, 15) is 0 Å². The SMILES string of the molecule is c1ccc(C2=NC(c3cccc4c3oc3cc(-c5cccc6sc7cccc(-n8c9ccccc9c9ccccc98)c7c56)ccc34)=NC(c3ccccc3)N2)cc1. The summed E-state index contributed by atoms with van der Waals surface area (Å²) in [5.41, 5.74) is 10.4. The number of hydrogen-bond donors (Lipinski definition) is 1. The molecular weight excluding hydrogens is 717 g/mol. The quantitative estimate of drug-likeness (QED) is 0.191. The lowest BCUT2D eigenvalue weighted by atomic mass is 9.97. The minimum atomic E-state index is -0.298. The summed E-state index contributed by atoms with van der Waals surface area (Å²) in [5.74, 6) is 1.42. The van der Waals surface area contributed by atoms with Crippen molar-refractivity contribution in [2.45, 2.75) is 6.17 Å². The number of amidine groups is 2. The zero-order valence-electron chi connectivity index (χ0n) is 30.6. The van der Waals surface area contributed by atoms with Crippen LogP contribution in [0.2, 0.25) is 0 Å². The molecule has 1 atom stereocenters. The van der Waals surface area contributed by atoms with Crippen molar-refractivity contribution in [2.24, 2.45) is 9.98 Å². The van der Waals surface area contributed by atoms with Crippen LogP contribution in [-0.2, 0) is 0 Å². The number of hydrogen-bond acceptors (Lipinski definition) is 5. The van der Waals surface area contributed by atoms with Gasteiger partial charge in [0.25, 0.3) is 0 Å². The fourth-order valence-corrected chi connectivity index (χ4v) is 9.87. The third-order valence-corrected chi connectivity index (χ3v) is 12.4. The van der Waals surface area contributed by atoms with Crippen molar-refractivity contribution in [2.75, 3.05) is 0 Å². The van der Waals surface area contributed by atoms with E-state index in [2.05, 4.69) is 155 Å². The average Bonchev–Trinajstić information content (AvgIpc) is 3.96. The van der Waals surface area contributed by atoms with Gasteiger partial charge in [-0.1, -0.05) is 133 Å². The summed E-state index contributed by atoms with van der Waals surface area (Å²) >= 11 is 1.85. The molecular formula is C51H32N4OS. The Bertz CT molecular complexity index is 3390. The Labute approximate surface area is 331 Å². The number of benzene rings is 8. The minimum absolute atomic E-state index is 0.298. The number of fused-ring (bicyclic) bond motifs is 9. The van der Waals surface area contributed by atoms with E-state index in [4.69, 9.17) is 14.4 Å². The lowest BCUT2D eigenvalue weighted by Gasteiger charge is -2.23. The summed E-state index contributed by atoms with van der Waals surface area (Å²) in [7, 11) is 0. The smallest absolute Gasteiger partial charge is 0.163 e. The maximum atomic E-state index is 6.87. The number of aliphatic imine (C=N–C) groups is 2. The predicted molar refractivity (Wildman–Crippen MR) is 238 cm³/mol. The first-order valence-corrected chi connectivity index (χ1v) is 20.0. The molecule has 0 bridgehead atoms. The van der Waals surface area contributed by atoms with E-state index >= 15 is 0 Å². The van der Waals surface area contributed by atoms with Gasteiger partial charge in [0.1, 0.15) is 23.2 Å². The second kappa shape index (κ2) is 12.6. The molecule has 0 fully saturated rings. The summed E-state index contributed by atoms with van der Waals surface area (Å²) in [6.45, 7) is 0. The van der Waals surface area contributed by atoms with Crippen molar-refractivity contribution in [3.63, 3.8) is 0 Å². The highest BCUT2D eigenvalue weighted by Gasteiger charge is 2.24. The van der Waals surface area contributed by atoms with Crippen molar-refractivity contribution < 1.29 is 4.42 Å². The van der Waals surface area contributed by atoms with Gasteiger partial charge in [-0.15, -0.1) is 11.3 Å². The number of rotatable bonds is 5. The van der Waals surface area contributed by atoms with Gasteiger partial charge in [0, 0.05) is 47.3 Å². The van der Waals surface area contributed by atoms with Crippen LogP contribution < -0.4 is 5.32 Å². The van der Waals surface area contributed by atoms with Crippen LogP contribution in [0.3, 0.4) is 0 Å². The van der Waals surface area contributed by atoms with Gasteiger partial charge >= 0.3 is 0 Å². The highest BCUT2D eigenvalue weighted by atomic mass is 32.1. The van der Waals surface area contributed by atoms with E-state index in [1.807, 2.05) is 47.7 Å². The number of nitrogens with zero attached hydrogens (tertiary/aromatic N) is 3. The van der Waals surface area contributed by atoms with Crippen LogP contribution in [0.25, 0.3) is 80.7 Å². The zero-order chi connectivity index (χ0) is 37.5. The van der Waals surface area contributed by atoms with Gasteiger partial charge in [0.15, 0.2) is 5.84 Å². The fraction of sp³-hybridized carbons (Fsp3) is 0.0196. The summed E-state index contributed by atoms with van der Waals surface area (Å²) < 4.78 is 11.8. The number of furan rings is 1. The van der Waals surface area contributed by atoms with E-state index in [0.29, 0.717) is 5.84 Å². The summed E-state index contributed by atoms with van der Waals surface area (Å²) in [6, 6.07) is 64.3. The molecule has 0 saturated carbocycles. The Morgan fingerprint density at radius 3 is 1.96 bits per heavy atom. The topological polar surface area (TPSA) is 54.8 Å². The van der Waals surface area contributed by atoms with E-state index in [1.54, 1.807) is 0 Å². The molecule has 268 valence electrons. The second-order valence-electron chi connectivity index (χ2n) is 14.5. The van der Waals surface area contributed by atoms with Crippen molar-refractivity contribution in [3.8, 4) is 16.8 Å². The van der Waals surface area contributed by atoms with Crippen LogP contribution in [0.5, 0.6) is 0 Å². The Balaban J connectivity index is 1.04. The van der Waals surface area contributed by atoms with Crippen LogP contribution >= 0.6 is 11.3 Å². The Morgan fingerprint density at radius 2 is 1.18 bits per heavy atom. The predicted octanol–water partition coefficient (Wildman–Crippen LogP) is 13.2. The summed E-state index contributed by atoms with van der Waals surface area (Å²) in [5, 5.41) is 10.7. The van der Waals surface area contributed by atoms with Crippen molar-refractivity contribution in [1.29, 1.82) is 0 Å². The fourth-order valence-electron chi connectivity index (χ4n) is 8.72. The number of para-hydroxylation sites is 3. The number of aromatic nitrogens is 1. The van der Waals surface area contributed by atoms with Gasteiger partial charge in [-0.2, -0.15) is 0 Å². The molecule has 0 spiro atoms. The molecule has 4 heterocycles. The standard InChI is InChI=1S/C51H32N4OS/c1-3-14-31(15-4-1)49-52-50(32-16-5-2-6-17-32)54-51(53-49)39-22-11-21-38-37-29-28-33(30-43(37)56-48(38)39)34-20-12-26-44-46(34)47-42(25-13-27-45(47)57-44)55-40-23-9-7-18-35(40)36-19-8-10-24-41(36)55/h1-30,49H,(H,52,53,54). The molecule has 5 nitrogen and oxygen atoms in total. The lowest BCUT2D eigenvalue weighted by molar-refractivity contribution is 0.663. The molecule has 0 amide bonds. The maximum absolute atomic E-state index is 6.87. The minimum Gasteiger partial charge on any atom is -0.455 e. The summed E-state index contributed by atoms with van der Waals surface area (Å²) in [6.07, 6.45) is -0.298. The molecule has 6 heteroatoms. The first kappa shape index (κ1) is 32.0. The molecule has 1 aliphatic rings. The highest BCUT2D eigenvalue weighted by molar-refractivity contribution is 7.26. The van der Waals surface area contributed by atoms with E-state index in [1.165, 1.54) is 53.2 Å². The third-order valence-electron chi connectivity index (χ3n) is 11.3. The van der Waals surface area contributed by atoms with Gasteiger partial charge in [-0.25, -0.2) is 9.98 Å². The highest BCUT2D eigenvalue weighted by Crippen LogP contribution is 2.45. The van der Waals surface area contributed by atoms with Crippen molar-refractivity contribution in [1.82, 2.24) is 9.88 Å². The van der Waals surface area contributed by atoms with E-state index in [0.717, 1.165) is 50.0 Å². The van der Waals surface area contributed by atoms with Crippen molar-refractivity contribution >= 4 is 86.9 Å². The van der Waals surface area contributed by atoms with Crippen LogP contribution in [0.15, 0.2) is 196 Å². The maximum Gasteiger partial charge on any atom is 0.163 e. The van der Waals surface area contributed by atoms with E-state index < -0.39 is 0 Å². The van der Waals surface area contributed by atoms with Gasteiger partial charge in [-0.05, 0) is 65.2 Å². The molecule has 0 saturated heterocycles.